The third-order valence-electron chi connectivity index (χ3n) is 11.4. The fourth-order valence-corrected chi connectivity index (χ4v) is 8.72. The van der Waals surface area contributed by atoms with E-state index in [1.165, 1.54) is 54.7 Å². The number of para-hydroxylation sites is 4. The molecule has 0 spiro atoms. The first-order valence-electron chi connectivity index (χ1n) is 19.5. The topological polar surface area (TPSA) is 22.8 Å². The molecule has 0 radical (unpaired) electrons. The van der Waals surface area contributed by atoms with Gasteiger partial charge < -0.3 is 16.6 Å². The van der Waals surface area contributed by atoms with Gasteiger partial charge in [0, 0.05) is 43.9 Å². The van der Waals surface area contributed by atoms with Crippen LogP contribution in [0.4, 0.5) is 0 Å². The average molecular weight is 743 g/mol. The average Bonchev–Trinajstić information content (AvgIpc) is 3.79. The highest BCUT2D eigenvalue weighted by Crippen LogP contribution is 2.40. The zero-order valence-corrected chi connectivity index (χ0v) is 32.5. The number of rotatable bonds is 6. The lowest BCUT2D eigenvalue weighted by atomic mass is 9.97. The van der Waals surface area contributed by atoms with Crippen molar-refractivity contribution in [2.24, 2.45) is 0 Å². The number of hydrogen-bond acceptors (Lipinski definition) is 1. The molecule has 0 saturated heterocycles. The monoisotopic (exact) mass is 742 g/mol. The quantitative estimate of drug-likeness (QED) is 0.156. The molecule has 0 N–H and O–H groups in total. The standard InChI is InChI=1S/C54H37N3.CH3/c1-36-14-13-17-40(32-36)49-34-41(37-15-3-2-4-16-37)33-48(55-49)39-28-26-38(27-29-39)47-35-42(56-50-22-9-5-18-43(50)44-19-6-10-23-51(44)56)30-31-54(47)57-52-24-11-7-20-45(52)46-21-8-12-25-53(46)57;/h2-35H,1H3;1H3/q;-1. The van der Waals surface area contributed by atoms with Gasteiger partial charge in [0.05, 0.1) is 39.1 Å². The molecular weight excluding hydrogens is 703 g/mol. The molecule has 0 amide bonds. The Labute approximate surface area is 338 Å². The summed E-state index contributed by atoms with van der Waals surface area (Å²) in [7, 11) is 0. The minimum Gasteiger partial charge on any atom is -0.358 e. The minimum absolute atomic E-state index is 0. The highest BCUT2D eigenvalue weighted by molar-refractivity contribution is 6.11. The van der Waals surface area contributed by atoms with Crippen LogP contribution in [0.25, 0.3) is 99.8 Å². The highest BCUT2D eigenvalue weighted by atomic mass is 15.0. The van der Waals surface area contributed by atoms with Crippen LogP contribution in [0.15, 0.2) is 206 Å². The van der Waals surface area contributed by atoms with Crippen molar-refractivity contribution in [3.05, 3.63) is 219 Å². The maximum Gasteiger partial charge on any atom is 0.0715 e. The number of aryl methyl sites for hydroxylation is 1. The van der Waals surface area contributed by atoms with Crippen molar-refractivity contribution in [3.8, 4) is 56.1 Å². The van der Waals surface area contributed by atoms with E-state index in [2.05, 4.69) is 222 Å². The Morgan fingerprint density at radius 1 is 0.345 bits per heavy atom. The molecule has 0 fully saturated rings. The molecule has 0 atom stereocenters. The first kappa shape index (κ1) is 35.0. The predicted molar refractivity (Wildman–Crippen MR) is 246 cm³/mol. The first-order valence-corrected chi connectivity index (χ1v) is 19.5. The summed E-state index contributed by atoms with van der Waals surface area (Å²) in [5.41, 5.74) is 16.9. The van der Waals surface area contributed by atoms with Crippen molar-refractivity contribution in [1.82, 2.24) is 14.1 Å². The summed E-state index contributed by atoms with van der Waals surface area (Å²) in [5.74, 6) is 0. The van der Waals surface area contributed by atoms with Gasteiger partial charge in [-0.3, -0.25) is 0 Å². The fourth-order valence-electron chi connectivity index (χ4n) is 8.72. The smallest absolute Gasteiger partial charge is 0.0715 e. The number of aromatic nitrogens is 3. The molecule has 0 aliphatic carbocycles. The lowest BCUT2D eigenvalue weighted by Crippen LogP contribution is -2.01. The normalized spacial score (nSPS) is 11.4. The summed E-state index contributed by atoms with van der Waals surface area (Å²) in [6.45, 7) is 2.13. The molecule has 0 aliphatic heterocycles. The van der Waals surface area contributed by atoms with E-state index in [1.807, 2.05) is 0 Å². The van der Waals surface area contributed by atoms with Gasteiger partial charge in [-0.05, 0) is 84.3 Å². The summed E-state index contributed by atoms with van der Waals surface area (Å²) < 4.78 is 4.84. The van der Waals surface area contributed by atoms with E-state index < -0.39 is 0 Å². The van der Waals surface area contributed by atoms with E-state index in [4.69, 9.17) is 4.98 Å². The fraction of sp³-hybridized carbons (Fsp3) is 0.0182. The molecule has 8 aromatic carbocycles. The molecule has 3 heteroatoms. The van der Waals surface area contributed by atoms with Gasteiger partial charge >= 0.3 is 0 Å². The molecule has 3 heterocycles. The Morgan fingerprint density at radius 2 is 0.828 bits per heavy atom. The Kier molecular flexibility index (Phi) is 8.57. The van der Waals surface area contributed by atoms with Gasteiger partial charge in [-0.15, -0.1) is 0 Å². The van der Waals surface area contributed by atoms with Gasteiger partial charge in [0.25, 0.3) is 0 Å². The van der Waals surface area contributed by atoms with Gasteiger partial charge in [-0.25, -0.2) is 4.98 Å². The number of pyridine rings is 1. The van der Waals surface area contributed by atoms with Crippen molar-refractivity contribution in [1.29, 1.82) is 0 Å². The summed E-state index contributed by atoms with van der Waals surface area (Å²) in [5, 5.41) is 4.99. The number of hydrogen-bond donors (Lipinski definition) is 0. The number of benzene rings is 8. The number of nitrogens with zero attached hydrogens (tertiary/aromatic N) is 3. The third-order valence-corrected chi connectivity index (χ3v) is 11.4. The van der Waals surface area contributed by atoms with Crippen LogP contribution in [0.1, 0.15) is 5.56 Å². The molecule has 11 rings (SSSR count). The molecule has 0 bridgehead atoms. The van der Waals surface area contributed by atoms with Gasteiger partial charge in [0.15, 0.2) is 0 Å². The number of fused-ring (bicyclic) bond motifs is 6. The van der Waals surface area contributed by atoms with Crippen molar-refractivity contribution >= 4 is 43.6 Å². The molecule has 276 valence electrons. The van der Waals surface area contributed by atoms with Crippen LogP contribution in [0.3, 0.4) is 0 Å². The van der Waals surface area contributed by atoms with E-state index in [0.29, 0.717) is 0 Å². The minimum atomic E-state index is 0. The molecule has 0 unspecified atom stereocenters. The molecule has 11 aromatic rings. The van der Waals surface area contributed by atoms with E-state index in [0.717, 1.165) is 50.6 Å². The lowest BCUT2D eigenvalue weighted by molar-refractivity contribution is 1.15. The van der Waals surface area contributed by atoms with Crippen LogP contribution in [0, 0.1) is 14.4 Å². The van der Waals surface area contributed by atoms with Crippen molar-refractivity contribution in [2.75, 3.05) is 0 Å². The molecule has 3 nitrogen and oxygen atoms in total. The van der Waals surface area contributed by atoms with Crippen LogP contribution >= 0.6 is 0 Å². The Morgan fingerprint density at radius 3 is 1.40 bits per heavy atom. The molecule has 58 heavy (non-hydrogen) atoms. The maximum absolute atomic E-state index is 5.27. The van der Waals surface area contributed by atoms with Crippen LogP contribution in [-0.4, -0.2) is 14.1 Å². The largest absolute Gasteiger partial charge is 0.358 e. The third kappa shape index (κ3) is 5.79. The highest BCUT2D eigenvalue weighted by Gasteiger charge is 2.19. The van der Waals surface area contributed by atoms with E-state index in [1.54, 1.807) is 0 Å². The summed E-state index contributed by atoms with van der Waals surface area (Å²) in [6, 6.07) is 74.5. The first-order chi connectivity index (χ1) is 28.2. The second kappa shape index (κ2) is 14.2. The Hall–Kier alpha value is -7.49. The van der Waals surface area contributed by atoms with Gasteiger partial charge in [-0.1, -0.05) is 151 Å². The predicted octanol–water partition coefficient (Wildman–Crippen LogP) is 14.7. The van der Waals surface area contributed by atoms with Crippen molar-refractivity contribution < 1.29 is 0 Å². The second-order valence-corrected chi connectivity index (χ2v) is 14.9. The van der Waals surface area contributed by atoms with Crippen molar-refractivity contribution in [3.63, 3.8) is 0 Å². The molecule has 0 aliphatic rings. The van der Waals surface area contributed by atoms with Gasteiger partial charge in [0.1, 0.15) is 0 Å². The van der Waals surface area contributed by atoms with E-state index in [-0.39, 0.29) is 7.43 Å². The van der Waals surface area contributed by atoms with Crippen LogP contribution in [-0.2, 0) is 0 Å². The Balaban J connectivity index is 0.00000408. The lowest BCUT2D eigenvalue weighted by Gasteiger charge is -2.18. The summed E-state index contributed by atoms with van der Waals surface area (Å²) >= 11 is 0. The summed E-state index contributed by atoms with van der Waals surface area (Å²) in [6.07, 6.45) is 0. The SMILES string of the molecule is Cc1cccc(-c2cc(-c3ccccc3)cc(-c3ccc(-c4cc(-n5c6ccccc6c6ccccc65)ccc4-n4c5ccccc5c5ccccc54)cc3)n2)c1.[CH3-]. The van der Waals surface area contributed by atoms with E-state index in [9.17, 15) is 0 Å². The van der Waals surface area contributed by atoms with Crippen LogP contribution in [0.2, 0.25) is 0 Å². The maximum atomic E-state index is 5.27. The zero-order valence-electron chi connectivity index (χ0n) is 32.5. The molecular formula is C55H40N3-. The zero-order chi connectivity index (χ0) is 37.9. The van der Waals surface area contributed by atoms with Crippen LogP contribution < -0.4 is 0 Å². The summed E-state index contributed by atoms with van der Waals surface area (Å²) in [4.78, 5) is 5.27. The van der Waals surface area contributed by atoms with Crippen molar-refractivity contribution in [2.45, 2.75) is 6.92 Å². The van der Waals surface area contributed by atoms with Gasteiger partial charge in [0.2, 0.25) is 0 Å². The van der Waals surface area contributed by atoms with Gasteiger partial charge in [-0.2, -0.15) is 0 Å². The van der Waals surface area contributed by atoms with E-state index >= 15 is 0 Å². The van der Waals surface area contributed by atoms with Crippen LogP contribution in [0.5, 0.6) is 0 Å². The second-order valence-electron chi connectivity index (χ2n) is 14.9. The Bertz CT molecular complexity index is 3190. The molecule has 0 saturated carbocycles. The molecule has 3 aromatic heterocycles.